The van der Waals surface area contributed by atoms with Crippen LogP contribution in [0.1, 0.15) is 5.56 Å². The molecule has 1 heterocycles. The standard InChI is InChI=1S/C13H11ClFN3S/c1-8-4-5-9(7-10(8)15)17-13(19)18-11-3-2-6-16-12(11)14/h2-7H,1H3,(H2,17,18,19). The molecule has 0 atom stereocenters. The van der Waals surface area contributed by atoms with Gasteiger partial charge in [0.1, 0.15) is 5.82 Å². The first kappa shape index (κ1) is 13.7. The summed E-state index contributed by atoms with van der Waals surface area (Å²) in [6.07, 6.45) is 1.58. The van der Waals surface area contributed by atoms with Gasteiger partial charge in [0.2, 0.25) is 0 Å². The molecule has 1 aromatic heterocycles. The van der Waals surface area contributed by atoms with Crippen LogP contribution in [0.4, 0.5) is 15.8 Å². The Morgan fingerprint density at radius 3 is 2.79 bits per heavy atom. The summed E-state index contributed by atoms with van der Waals surface area (Å²) in [7, 11) is 0. The lowest BCUT2D eigenvalue weighted by atomic mass is 10.2. The zero-order valence-electron chi connectivity index (χ0n) is 10.1. The number of aromatic nitrogens is 1. The second kappa shape index (κ2) is 5.95. The number of hydrogen-bond acceptors (Lipinski definition) is 2. The lowest BCUT2D eigenvalue weighted by Crippen LogP contribution is -2.19. The second-order valence-corrected chi connectivity index (χ2v) is 4.65. The minimum absolute atomic E-state index is 0.285. The molecule has 0 bridgehead atoms. The van der Waals surface area contributed by atoms with Gasteiger partial charge in [-0.05, 0) is 49.0 Å². The van der Waals surface area contributed by atoms with E-state index in [0.29, 0.717) is 27.2 Å². The van der Waals surface area contributed by atoms with Crippen LogP contribution in [0, 0.1) is 12.7 Å². The third-order valence-corrected chi connectivity index (χ3v) is 2.94. The fraction of sp³-hybridized carbons (Fsp3) is 0.0769. The van der Waals surface area contributed by atoms with E-state index in [1.165, 1.54) is 6.07 Å². The topological polar surface area (TPSA) is 37.0 Å². The highest BCUT2D eigenvalue weighted by atomic mass is 35.5. The van der Waals surface area contributed by atoms with Gasteiger partial charge in [-0.3, -0.25) is 0 Å². The molecule has 0 saturated heterocycles. The quantitative estimate of drug-likeness (QED) is 0.649. The highest BCUT2D eigenvalue weighted by molar-refractivity contribution is 7.80. The maximum absolute atomic E-state index is 13.4. The van der Waals surface area contributed by atoms with Crippen molar-refractivity contribution in [3.05, 3.63) is 53.1 Å². The van der Waals surface area contributed by atoms with Crippen LogP contribution in [0.5, 0.6) is 0 Å². The third-order valence-electron chi connectivity index (χ3n) is 2.44. The molecule has 3 nitrogen and oxygen atoms in total. The summed E-state index contributed by atoms with van der Waals surface area (Å²) in [5, 5.41) is 6.41. The molecule has 0 unspecified atom stereocenters. The molecule has 0 radical (unpaired) electrons. The van der Waals surface area contributed by atoms with Gasteiger partial charge in [-0.15, -0.1) is 0 Å². The Balaban J connectivity index is 2.05. The maximum atomic E-state index is 13.4. The molecule has 0 aliphatic carbocycles. The highest BCUT2D eigenvalue weighted by Crippen LogP contribution is 2.18. The summed E-state index contributed by atoms with van der Waals surface area (Å²) in [6.45, 7) is 1.70. The van der Waals surface area contributed by atoms with E-state index in [0.717, 1.165) is 0 Å². The summed E-state index contributed by atoms with van der Waals surface area (Å²) in [5.74, 6) is -0.285. The first-order valence-electron chi connectivity index (χ1n) is 5.51. The van der Waals surface area contributed by atoms with Crippen LogP contribution in [-0.2, 0) is 0 Å². The average molecular weight is 296 g/mol. The van der Waals surface area contributed by atoms with E-state index in [1.54, 1.807) is 37.4 Å². The average Bonchev–Trinajstić information content (AvgIpc) is 2.37. The van der Waals surface area contributed by atoms with Gasteiger partial charge in [-0.2, -0.15) is 0 Å². The first-order valence-corrected chi connectivity index (χ1v) is 6.29. The molecule has 0 aliphatic heterocycles. The Morgan fingerprint density at radius 2 is 2.11 bits per heavy atom. The number of rotatable bonds is 2. The van der Waals surface area contributed by atoms with Crippen molar-refractivity contribution >= 4 is 40.3 Å². The molecule has 2 rings (SSSR count). The van der Waals surface area contributed by atoms with Crippen molar-refractivity contribution in [1.29, 1.82) is 0 Å². The minimum Gasteiger partial charge on any atom is -0.332 e. The Labute approximate surface area is 120 Å². The van der Waals surface area contributed by atoms with E-state index in [1.807, 2.05) is 0 Å². The fourth-order valence-corrected chi connectivity index (χ4v) is 1.83. The number of aryl methyl sites for hydroxylation is 1. The Morgan fingerprint density at radius 1 is 1.32 bits per heavy atom. The Kier molecular flexibility index (Phi) is 4.29. The first-order chi connectivity index (χ1) is 9.06. The summed E-state index contributed by atoms with van der Waals surface area (Å²) in [6, 6.07) is 8.30. The van der Waals surface area contributed by atoms with Gasteiger partial charge < -0.3 is 10.6 Å². The zero-order valence-corrected chi connectivity index (χ0v) is 11.6. The molecule has 0 fully saturated rings. The number of nitrogens with one attached hydrogen (secondary N) is 2. The van der Waals surface area contributed by atoms with Crippen molar-refractivity contribution < 1.29 is 4.39 Å². The van der Waals surface area contributed by atoms with E-state index in [9.17, 15) is 4.39 Å². The van der Waals surface area contributed by atoms with E-state index in [-0.39, 0.29) is 5.82 Å². The van der Waals surface area contributed by atoms with Gasteiger partial charge in [-0.25, -0.2) is 9.37 Å². The third kappa shape index (κ3) is 3.62. The molecule has 6 heteroatoms. The molecule has 98 valence electrons. The van der Waals surface area contributed by atoms with Crippen LogP contribution in [0.25, 0.3) is 0 Å². The van der Waals surface area contributed by atoms with Crippen molar-refractivity contribution in [2.24, 2.45) is 0 Å². The molecular formula is C13H11ClFN3S. The molecule has 0 spiro atoms. The number of anilines is 2. The number of nitrogens with zero attached hydrogens (tertiary/aromatic N) is 1. The van der Waals surface area contributed by atoms with Crippen LogP contribution in [-0.4, -0.2) is 10.1 Å². The fourth-order valence-electron chi connectivity index (χ4n) is 1.43. The van der Waals surface area contributed by atoms with E-state index >= 15 is 0 Å². The lowest BCUT2D eigenvalue weighted by molar-refractivity contribution is 0.619. The molecule has 0 aliphatic rings. The van der Waals surface area contributed by atoms with Crippen molar-refractivity contribution in [3.8, 4) is 0 Å². The number of benzene rings is 1. The number of thiocarbonyl (C=S) groups is 1. The van der Waals surface area contributed by atoms with Crippen molar-refractivity contribution in [1.82, 2.24) is 4.98 Å². The predicted molar refractivity (Wildman–Crippen MR) is 80.2 cm³/mol. The molecule has 0 saturated carbocycles. The summed E-state index contributed by atoms with van der Waals surface area (Å²) in [4.78, 5) is 3.92. The molecular weight excluding hydrogens is 285 g/mol. The maximum Gasteiger partial charge on any atom is 0.175 e. The summed E-state index contributed by atoms with van der Waals surface area (Å²) in [5.41, 5.74) is 1.74. The SMILES string of the molecule is Cc1ccc(NC(=S)Nc2cccnc2Cl)cc1F. The minimum atomic E-state index is -0.285. The molecule has 1 aromatic carbocycles. The largest absolute Gasteiger partial charge is 0.332 e. The van der Waals surface area contributed by atoms with Gasteiger partial charge in [0, 0.05) is 11.9 Å². The predicted octanol–water partition coefficient (Wildman–Crippen LogP) is 3.99. The Bertz CT molecular complexity index is 619. The van der Waals surface area contributed by atoms with Crippen LogP contribution < -0.4 is 10.6 Å². The number of halogens is 2. The normalized spacial score (nSPS) is 10.1. The molecule has 2 N–H and O–H groups in total. The Hall–Kier alpha value is -1.72. The van der Waals surface area contributed by atoms with Crippen LogP contribution in [0.3, 0.4) is 0 Å². The van der Waals surface area contributed by atoms with Crippen molar-refractivity contribution in [3.63, 3.8) is 0 Å². The monoisotopic (exact) mass is 295 g/mol. The molecule has 2 aromatic rings. The van der Waals surface area contributed by atoms with Gasteiger partial charge in [0.25, 0.3) is 0 Å². The van der Waals surface area contributed by atoms with Gasteiger partial charge >= 0.3 is 0 Å². The zero-order chi connectivity index (χ0) is 13.8. The van der Waals surface area contributed by atoms with Crippen molar-refractivity contribution in [2.75, 3.05) is 10.6 Å². The van der Waals surface area contributed by atoms with E-state index < -0.39 is 0 Å². The number of hydrogen-bond donors (Lipinski definition) is 2. The highest BCUT2D eigenvalue weighted by Gasteiger charge is 2.04. The van der Waals surface area contributed by atoms with Crippen molar-refractivity contribution in [2.45, 2.75) is 6.92 Å². The summed E-state index contributed by atoms with van der Waals surface area (Å²) >= 11 is 11.0. The van der Waals surface area contributed by atoms with Crippen LogP contribution in [0.2, 0.25) is 5.15 Å². The number of pyridine rings is 1. The summed E-state index contributed by atoms with van der Waals surface area (Å²) < 4.78 is 13.4. The van der Waals surface area contributed by atoms with Crippen LogP contribution >= 0.6 is 23.8 Å². The smallest absolute Gasteiger partial charge is 0.175 e. The lowest BCUT2D eigenvalue weighted by Gasteiger charge is -2.11. The van der Waals surface area contributed by atoms with E-state index in [2.05, 4.69) is 15.6 Å². The van der Waals surface area contributed by atoms with Gasteiger partial charge in [0.05, 0.1) is 5.69 Å². The van der Waals surface area contributed by atoms with E-state index in [4.69, 9.17) is 23.8 Å². The molecule has 0 amide bonds. The van der Waals surface area contributed by atoms with Crippen LogP contribution in [0.15, 0.2) is 36.5 Å². The second-order valence-electron chi connectivity index (χ2n) is 3.88. The van der Waals surface area contributed by atoms with Gasteiger partial charge in [0.15, 0.2) is 10.3 Å². The van der Waals surface area contributed by atoms with Gasteiger partial charge in [-0.1, -0.05) is 17.7 Å². The molecule has 19 heavy (non-hydrogen) atoms.